The molecular weight excluding hydrogens is 321 g/mol. The number of carbonyl (C=O) groups excluding carboxylic acids is 2. The number of para-hydroxylation sites is 1. The van der Waals surface area contributed by atoms with E-state index < -0.39 is 5.91 Å². The molecule has 25 heavy (non-hydrogen) atoms. The SMILES string of the molecule is Cc1ccc(F)c2c1N(CC(=O)Nc1ccccc1C(N)=O)CCC2. The Morgan fingerprint density at radius 3 is 2.76 bits per heavy atom. The van der Waals surface area contributed by atoms with Gasteiger partial charge in [0.05, 0.1) is 17.8 Å². The van der Waals surface area contributed by atoms with Gasteiger partial charge in [-0.15, -0.1) is 0 Å². The molecule has 2 amide bonds. The number of benzene rings is 2. The molecule has 130 valence electrons. The van der Waals surface area contributed by atoms with Crippen molar-refractivity contribution in [2.45, 2.75) is 19.8 Å². The Hall–Kier alpha value is -2.89. The van der Waals surface area contributed by atoms with Gasteiger partial charge in [-0.25, -0.2) is 4.39 Å². The molecule has 0 spiro atoms. The Kier molecular flexibility index (Phi) is 4.70. The molecule has 0 saturated carbocycles. The number of hydrogen-bond acceptors (Lipinski definition) is 3. The fourth-order valence-electron chi connectivity index (χ4n) is 3.29. The van der Waals surface area contributed by atoms with Crippen LogP contribution in [0.15, 0.2) is 36.4 Å². The summed E-state index contributed by atoms with van der Waals surface area (Å²) in [6.07, 6.45) is 1.46. The Morgan fingerprint density at radius 1 is 1.24 bits per heavy atom. The molecule has 0 bridgehead atoms. The van der Waals surface area contributed by atoms with Crippen LogP contribution in [0.1, 0.15) is 27.9 Å². The summed E-state index contributed by atoms with van der Waals surface area (Å²) in [6.45, 7) is 2.68. The summed E-state index contributed by atoms with van der Waals surface area (Å²) in [4.78, 5) is 25.8. The Balaban J connectivity index is 1.80. The van der Waals surface area contributed by atoms with Crippen LogP contribution in [-0.4, -0.2) is 24.9 Å². The van der Waals surface area contributed by atoms with Crippen LogP contribution in [0.2, 0.25) is 0 Å². The van der Waals surface area contributed by atoms with Gasteiger partial charge >= 0.3 is 0 Å². The molecular formula is C19H20FN3O2. The number of aryl methyl sites for hydroxylation is 1. The van der Waals surface area contributed by atoms with Gasteiger partial charge in [0, 0.05) is 17.8 Å². The third-order valence-corrected chi connectivity index (χ3v) is 4.40. The van der Waals surface area contributed by atoms with E-state index in [4.69, 9.17) is 5.73 Å². The Labute approximate surface area is 145 Å². The number of amides is 2. The first kappa shape index (κ1) is 17.0. The lowest BCUT2D eigenvalue weighted by atomic mass is 9.97. The highest BCUT2D eigenvalue weighted by Gasteiger charge is 2.23. The smallest absolute Gasteiger partial charge is 0.250 e. The highest BCUT2D eigenvalue weighted by atomic mass is 19.1. The molecule has 0 aromatic heterocycles. The van der Waals surface area contributed by atoms with E-state index in [0.29, 0.717) is 24.2 Å². The normalized spacial score (nSPS) is 13.3. The lowest BCUT2D eigenvalue weighted by molar-refractivity contribution is -0.115. The summed E-state index contributed by atoms with van der Waals surface area (Å²) in [5, 5.41) is 2.73. The summed E-state index contributed by atoms with van der Waals surface area (Å²) in [7, 11) is 0. The maximum Gasteiger partial charge on any atom is 0.250 e. The van der Waals surface area contributed by atoms with Crippen molar-refractivity contribution >= 4 is 23.2 Å². The lowest BCUT2D eigenvalue weighted by Gasteiger charge is -2.32. The second kappa shape index (κ2) is 6.93. The summed E-state index contributed by atoms with van der Waals surface area (Å²) < 4.78 is 14.1. The monoisotopic (exact) mass is 341 g/mol. The van der Waals surface area contributed by atoms with Gasteiger partial charge in [-0.1, -0.05) is 18.2 Å². The molecule has 1 heterocycles. The topological polar surface area (TPSA) is 75.4 Å². The minimum atomic E-state index is -0.600. The molecule has 0 fully saturated rings. The van der Waals surface area contributed by atoms with Crippen molar-refractivity contribution in [3.8, 4) is 0 Å². The van der Waals surface area contributed by atoms with Gasteiger partial charge in [0.2, 0.25) is 5.91 Å². The minimum absolute atomic E-state index is 0.0877. The van der Waals surface area contributed by atoms with Crippen LogP contribution < -0.4 is 16.0 Å². The van der Waals surface area contributed by atoms with Gasteiger partial charge in [0.15, 0.2) is 0 Å². The molecule has 5 nitrogen and oxygen atoms in total. The van der Waals surface area contributed by atoms with E-state index >= 15 is 0 Å². The minimum Gasteiger partial charge on any atom is -0.366 e. The molecule has 0 saturated heterocycles. The van der Waals surface area contributed by atoms with E-state index in [-0.39, 0.29) is 23.8 Å². The summed E-state index contributed by atoms with van der Waals surface area (Å²) in [6, 6.07) is 9.80. The van der Waals surface area contributed by atoms with E-state index in [1.807, 2.05) is 11.8 Å². The molecule has 0 radical (unpaired) electrons. The molecule has 2 aromatic rings. The average Bonchev–Trinajstić information content (AvgIpc) is 2.58. The van der Waals surface area contributed by atoms with Crippen LogP contribution in [-0.2, 0) is 11.2 Å². The van der Waals surface area contributed by atoms with Crippen LogP contribution in [0, 0.1) is 12.7 Å². The van der Waals surface area contributed by atoms with E-state index in [0.717, 1.165) is 17.7 Å². The van der Waals surface area contributed by atoms with Crippen molar-refractivity contribution in [1.82, 2.24) is 0 Å². The van der Waals surface area contributed by atoms with Crippen LogP contribution in [0.3, 0.4) is 0 Å². The van der Waals surface area contributed by atoms with E-state index in [2.05, 4.69) is 5.32 Å². The standard InChI is InChI=1S/C19H20FN3O2/c1-12-8-9-15(20)13-6-4-10-23(18(12)13)11-17(24)22-16-7-3-2-5-14(16)19(21)25/h2-3,5,7-9H,4,6,10-11H2,1H3,(H2,21,25)(H,22,24). The number of anilines is 2. The second-order valence-corrected chi connectivity index (χ2v) is 6.17. The van der Waals surface area contributed by atoms with Crippen molar-refractivity contribution in [2.75, 3.05) is 23.3 Å². The molecule has 0 unspecified atom stereocenters. The van der Waals surface area contributed by atoms with Crippen LogP contribution in [0.4, 0.5) is 15.8 Å². The molecule has 0 atom stereocenters. The number of fused-ring (bicyclic) bond motifs is 1. The predicted molar refractivity (Wildman–Crippen MR) is 95.3 cm³/mol. The van der Waals surface area contributed by atoms with Crippen LogP contribution >= 0.6 is 0 Å². The van der Waals surface area contributed by atoms with E-state index in [1.54, 1.807) is 30.3 Å². The average molecular weight is 341 g/mol. The molecule has 0 aliphatic carbocycles. The zero-order chi connectivity index (χ0) is 18.0. The summed E-state index contributed by atoms with van der Waals surface area (Å²) in [5.41, 5.74) is 8.38. The van der Waals surface area contributed by atoms with Gasteiger partial charge in [0.25, 0.3) is 5.91 Å². The zero-order valence-corrected chi connectivity index (χ0v) is 14.0. The first-order chi connectivity index (χ1) is 12.0. The second-order valence-electron chi connectivity index (χ2n) is 6.17. The van der Waals surface area contributed by atoms with Crippen LogP contribution in [0.25, 0.3) is 0 Å². The number of nitrogens with zero attached hydrogens (tertiary/aromatic N) is 1. The fourth-order valence-corrected chi connectivity index (χ4v) is 3.29. The molecule has 3 N–H and O–H groups in total. The maximum atomic E-state index is 14.1. The highest BCUT2D eigenvalue weighted by Crippen LogP contribution is 2.32. The largest absolute Gasteiger partial charge is 0.366 e. The number of hydrogen-bond donors (Lipinski definition) is 2. The van der Waals surface area contributed by atoms with Crippen molar-refractivity contribution in [1.29, 1.82) is 0 Å². The third-order valence-electron chi connectivity index (χ3n) is 4.40. The molecule has 1 aliphatic rings. The fraction of sp³-hybridized carbons (Fsp3) is 0.263. The summed E-state index contributed by atoms with van der Waals surface area (Å²) >= 11 is 0. The third kappa shape index (κ3) is 3.47. The predicted octanol–water partition coefficient (Wildman–Crippen LogP) is 2.62. The number of rotatable bonds is 4. The van der Waals surface area contributed by atoms with Gasteiger partial charge < -0.3 is 16.0 Å². The van der Waals surface area contributed by atoms with Crippen molar-refractivity contribution in [3.63, 3.8) is 0 Å². The molecule has 3 rings (SSSR count). The van der Waals surface area contributed by atoms with Crippen molar-refractivity contribution in [2.24, 2.45) is 5.73 Å². The van der Waals surface area contributed by atoms with Gasteiger partial charge in [-0.05, 0) is 43.5 Å². The Morgan fingerprint density at radius 2 is 2.00 bits per heavy atom. The summed E-state index contributed by atoms with van der Waals surface area (Å²) in [5.74, 6) is -1.10. The van der Waals surface area contributed by atoms with Gasteiger partial charge in [0.1, 0.15) is 5.82 Å². The lowest BCUT2D eigenvalue weighted by Crippen LogP contribution is -2.37. The quantitative estimate of drug-likeness (QED) is 0.898. The number of nitrogens with two attached hydrogens (primary N) is 1. The number of halogens is 1. The zero-order valence-electron chi connectivity index (χ0n) is 14.0. The van der Waals surface area contributed by atoms with Crippen molar-refractivity contribution in [3.05, 3.63) is 58.9 Å². The van der Waals surface area contributed by atoms with E-state index in [1.165, 1.54) is 6.07 Å². The number of primary amides is 1. The van der Waals surface area contributed by atoms with Crippen LogP contribution in [0.5, 0.6) is 0 Å². The molecule has 2 aromatic carbocycles. The number of nitrogens with one attached hydrogen (secondary N) is 1. The Bertz CT molecular complexity index is 835. The first-order valence-corrected chi connectivity index (χ1v) is 8.19. The van der Waals surface area contributed by atoms with Gasteiger partial charge in [-0.2, -0.15) is 0 Å². The number of carbonyl (C=O) groups is 2. The molecule has 1 aliphatic heterocycles. The highest BCUT2D eigenvalue weighted by molar-refractivity contribution is 6.03. The van der Waals surface area contributed by atoms with Crippen molar-refractivity contribution < 1.29 is 14.0 Å². The molecule has 6 heteroatoms. The first-order valence-electron chi connectivity index (χ1n) is 8.19. The van der Waals surface area contributed by atoms with Gasteiger partial charge in [-0.3, -0.25) is 9.59 Å². The van der Waals surface area contributed by atoms with E-state index in [9.17, 15) is 14.0 Å². The maximum absolute atomic E-state index is 14.1.